The Morgan fingerprint density at radius 1 is 0.824 bits per heavy atom. The maximum absolute atomic E-state index is 6.21. The molecule has 0 aliphatic carbocycles. The second kappa shape index (κ2) is 9.45. The van der Waals surface area contributed by atoms with Gasteiger partial charge in [0.05, 0.1) is 32.1 Å². The van der Waals surface area contributed by atoms with Crippen LogP contribution in [0.25, 0.3) is 0 Å². The standard InChI is InChI=1S/C27H22Cl2N2O3/c1-32-21-13-14-22(23(16-21)33-2)27-30-25(17-5-9-19(28)10-6-17)26(18-7-11-20(29)12-8-18)31(27)24-4-3-15-34-24/h3-16,25-26H,1-2H3. The summed E-state index contributed by atoms with van der Waals surface area (Å²) in [5.41, 5.74) is 2.91. The third-order valence-electron chi connectivity index (χ3n) is 5.88. The largest absolute Gasteiger partial charge is 0.497 e. The molecule has 1 aromatic heterocycles. The molecule has 0 amide bonds. The Morgan fingerprint density at radius 3 is 2.09 bits per heavy atom. The first-order valence-corrected chi connectivity index (χ1v) is 11.5. The fourth-order valence-electron chi connectivity index (χ4n) is 4.28. The van der Waals surface area contributed by atoms with Crippen molar-refractivity contribution in [3.63, 3.8) is 0 Å². The van der Waals surface area contributed by atoms with E-state index >= 15 is 0 Å². The van der Waals surface area contributed by atoms with E-state index in [9.17, 15) is 0 Å². The number of benzene rings is 3. The maximum Gasteiger partial charge on any atom is 0.201 e. The van der Waals surface area contributed by atoms with Gasteiger partial charge in [0, 0.05) is 22.2 Å². The third-order valence-corrected chi connectivity index (χ3v) is 6.39. The summed E-state index contributed by atoms with van der Waals surface area (Å²) in [5, 5.41) is 1.35. The molecule has 2 unspecified atom stereocenters. The predicted octanol–water partition coefficient (Wildman–Crippen LogP) is 7.35. The van der Waals surface area contributed by atoms with Gasteiger partial charge in [-0.3, -0.25) is 9.89 Å². The molecule has 0 N–H and O–H groups in total. The molecular formula is C27H22Cl2N2O3. The van der Waals surface area contributed by atoms with Gasteiger partial charge in [-0.05, 0) is 53.6 Å². The first-order valence-electron chi connectivity index (χ1n) is 10.7. The molecule has 5 nitrogen and oxygen atoms in total. The summed E-state index contributed by atoms with van der Waals surface area (Å²) in [6.45, 7) is 0. The van der Waals surface area contributed by atoms with Crippen LogP contribution in [0.2, 0.25) is 10.0 Å². The lowest BCUT2D eigenvalue weighted by molar-refractivity contribution is 0.393. The molecule has 0 radical (unpaired) electrons. The second-order valence-electron chi connectivity index (χ2n) is 7.83. The number of halogens is 2. The summed E-state index contributed by atoms with van der Waals surface area (Å²) < 4.78 is 17.0. The first-order chi connectivity index (χ1) is 16.6. The summed E-state index contributed by atoms with van der Waals surface area (Å²) in [4.78, 5) is 7.33. The van der Waals surface area contributed by atoms with Crippen LogP contribution >= 0.6 is 23.2 Å². The van der Waals surface area contributed by atoms with E-state index in [1.807, 2.05) is 78.9 Å². The highest BCUT2D eigenvalue weighted by molar-refractivity contribution is 6.30. The Kier molecular flexibility index (Phi) is 6.22. The van der Waals surface area contributed by atoms with E-state index in [2.05, 4.69) is 4.90 Å². The van der Waals surface area contributed by atoms with E-state index in [0.717, 1.165) is 22.5 Å². The summed E-state index contributed by atoms with van der Waals surface area (Å²) >= 11 is 12.4. The van der Waals surface area contributed by atoms with Crippen molar-refractivity contribution in [2.45, 2.75) is 12.1 Å². The van der Waals surface area contributed by atoms with Crippen molar-refractivity contribution in [3.05, 3.63) is 112 Å². The van der Waals surface area contributed by atoms with Crippen molar-refractivity contribution < 1.29 is 13.9 Å². The Morgan fingerprint density at radius 2 is 1.50 bits per heavy atom. The molecule has 2 heterocycles. The summed E-state index contributed by atoms with van der Waals surface area (Å²) in [5.74, 6) is 2.76. The monoisotopic (exact) mass is 492 g/mol. The van der Waals surface area contributed by atoms with Crippen molar-refractivity contribution in [3.8, 4) is 11.5 Å². The minimum Gasteiger partial charge on any atom is -0.497 e. The van der Waals surface area contributed by atoms with E-state index < -0.39 is 0 Å². The number of aliphatic imine (C=N–C) groups is 1. The van der Waals surface area contributed by atoms with Crippen molar-refractivity contribution in [1.29, 1.82) is 0 Å². The molecule has 4 aromatic rings. The van der Waals surface area contributed by atoms with Gasteiger partial charge in [0.1, 0.15) is 23.4 Å². The quantitative estimate of drug-likeness (QED) is 0.282. The predicted molar refractivity (Wildman–Crippen MR) is 136 cm³/mol. The highest BCUT2D eigenvalue weighted by Crippen LogP contribution is 2.47. The minimum atomic E-state index is -0.231. The van der Waals surface area contributed by atoms with Crippen molar-refractivity contribution in [1.82, 2.24) is 0 Å². The molecule has 0 saturated carbocycles. The van der Waals surface area contributed by atoms with Crippen LogP contribution in [0.1, 0.15) is 28.8 Å². The van der Waals surface area contributed by atoms with Gasteiger partial charge in [0.25, 0.3) is 0 Å². The molecular weight excluding hydrogens is 471 g/mol. The minimum absolute atomic E-state index is 0.189. The second-order valence-corrected chi connectivity index (χ2v) is 8.71. The molecule has 3 aromatic carbocycles. The summed E-state index contributed by atoms with van der Waals surface area (Å²) in [6.07, 6.45) is 1.66. The van der Waals surface area contributed by atoms with Gasteiger partial charge in [0.15, 0.2) is 0 Å². The topological polar surface area (TPSA) is 47.2 Å². The van der Waals surface area contributed by atoms with Crippen molar-refractivity contribution in [2.24, 2.45) is 4.99 Å². The molecule has 1 aliphatic rings. The van der Waals surface area contributed by atoms with Gasteiger partial charge in [-0.25, -0.2) is 0 Å². The fraction of sp³-hybridized carbons (Fsp3) is 0.148. The molecule has 0 bridgehead atoms. The molecule has 2 atom stereocenters. The highest BCUT2D eigenvalue weighted by atomic mass is 35.5. The number of rotatable bonds is 6. The molecule has 0 spiro atoms. The van der Waals surface area contributed by atoms with Gasteiger partial charge in [-0.1, -0.05) is 47.5 Å². The Bertz CT molecular complexity index is 1300. The number of anilines is 1. The van der Waals surface area contributed by atoms with E-state index in [4.69, 9.17) is 42.1 Å². The average Bonchev–Trinajstić information content (AvgIpc) is 3.53. The van der Waals surface area contributed by atoms with E-state index in [1.54, 1.807) is 20.5 Å². The van der Waals surface area contributed by atoms with Gasteiger partial charge in [0.2, 0.25) is 5.88 Å². The number of furan rings is 1. The lowest BCUT2D eigenvalue weighted by Gasteiger charge is -2.29. The molecule has 1 aliphatic heterocycles. The third kappa shape index (κ3) is 4.13. The molecule has 0 fully saturated rings. The average molecular weight is 493 g/mol. The first kappa shape index (κ1) is 22.4. The lowest BCUT2D eigenvalue weighted by Crippen LogP contribution is -2.32. The zero-order chi connectivity index (χ0) is 23.7. The number of hydrogen-bond donors (Lipinski definition) is 0. The van der Waals surface area contributed by atoms with Crippen LogP contribution in [0.15, 0.2) is 94.5 Å². The Labute approximate surface area is 208 Å². The Balaban J connectivity index is 1.72. The van der Waals surface area contributed by atoms with Crippen LogP contribution in [-0.4, -0.2) is 20.1 Å². The van der Waals surface area contributed by atoms with Crippen LogP contribution in [0.4, 0.5) is 5.88 Å². The summed E-state index contributed by atoms with van der Waals surface area (Å²) in [6, 6.07) is 24.7. The molecule has 0 saturated heterocycles. The van der Waals surface area contributed by atoms with Crippen LogP contribution in [-0.2, 0) is 0 Å². The summed E-state index contributed by atoms with van der Waals surface area (Å²) in [7, 11) is 3.27. The fourth-order valence-corrected chi connectivity index (χ4v) is 4.53. The van der Waals surface area contributed by atoms with Gasteiger partial charge in [-0.2, -0.15) is 0 Å². The molecule has 5 rings (SSSR count). The molecule has 34 heavy (non-hydrogen) atoms. The van der Waals surface area contributed by atoms with Crippen LogP contribution in [0, 0.1) is 0 Å². The van der Waals surface area contributed by atoms with E-state index in [0.29, 0.717) is 27.4 Å². The van der Waals surface area contributed by atoms with Crippen LogP contribution in [0.3, 0.4) is 0 Å². The smallest absolute Gasteiger partial charge is 0.201 e. The lowest BCUT2D eigenvalue weighted by atomic mass is 9.93. The van der Waals surface area contributed by atoms with Gasteiger partial charge in [-0.15, -0.1) is 0 Å². The number of amidine groups is 1. The zero-order valence-corrected chi connectivity index (χ0v) is 20.1. The number of hydrogen-bond acceptors (Lipinski definition) is 5. The number of methoxy groups -OCH3 is 2. The normalized spacial score (nSPS) is 17.5. The SMILES string of the molecule is COc1ccc(C2=NC(c3ccc(Cl)cc3)C(c3ccc(Cl)cc3)N2c2ccco2)c(OC)c1. The highest BCUT2D eigenvalue weighted by Gasteiger charge is 2.41. The van der Waals surface area contributed by atoms with Crippen LogP contribution in [0.5, 0.6) is 11.5 Å². The molecule has 7 heteroatoms. The number of ether oxygens (including phenoxy) is 2. The van der Waals surface area contributed by atoms with Gasteiger partial charge < -0.3 is 13.9 Å². The molecule has 172 valence electrons. The Hall–Kier alpha value is -3.41. The number of nitrogens with zero attached hydrogens (tertiary/aromatic N) is 2. The zero-order valence-electron chi connectivity index (χ0n) is 18.6. The van der Waals surface area contributed by atoms with Gasteiger partial charge >= 0.3 is 0 Å². The van der Waals surface area contributed by atoms with E-state index in [1.165, 1.54) is 0 Å². The van der Waals surface area contributed by atoms with Crippen molar-refractivity contribution in [2.75, 3.05) is 19.1 Å². The maximum atomic E-state index is 6.21. The van der Waals surface area contributed by atoms with E-state index in [-0.39, 0.29) is 12.1 Å². The van der Waals surface area contributed by atoms with Crippen LogP contribution < -0.4 is 14.4 Å². The van der Waals surface area contributed by atoms with Crippen molar-refractivity contribution >= 4 is 34.9 Å².